The van der Waals surface area contributed by atoms with Crippen LogP contribution >= 0.6 is 0 Å². The van der Waals surface area contributed by atoms with E-state index >= 15 is 0 Å². The first-order valence-electron chi connectivity index (χ1n) is 13.9. The number of aliphatic hydroxyl groups is 1. The summed E-state index contributed by atoms with van der Waals surface area (Å²) < 4.78 is 0. The average Bonchev–Trinajstić information content (AvgIpc) is 3.09. The summed E-state index contributed by atoms with van der Waals surface area (Å²) in [6, 6.07) is 0. The molecule has 4 rings (SSSR count). The molecule has 0 aromatic rings. The topological polar surface area (TPSA) is 20.2 Å². The van der Waals surface area contributed by atoms with Crippen molar-refractivity contribution in [3.8, 4) is 0 Å². The molecule has 0 aromatic heterocycles. The van der Waals surface area contributed by atoms with Gasteiger partial charge in [0.1, 0.15) is 0 Å². The van der Waals surface area contributed by atoms with Gasteiger partial charge in [0.15, 0.2) is 0 Å². The fraction of sp³-hybridized carbons (Fsp3) is 0.933. The van der Waals surface area contributed by atoms with E-state index in [1.165, 1.54) is 57.8 Å². The first-order valence-corrected chi connectivity index (χ1v) is 13.9. The molecule has 0 aromatic carbocycles. The predicted molar refractivity (Wildman–Crippen MR) is 133 cm³/mol. The first kappa shape index (κ1) is 23.8. The Morgan fingerprint density at radius 3 is 2.48 bits per heavy atom. The van der Waals surface area contributed by atoms with E-state index in [1.807, 2.05) is 0 Å². The van der Waals surface area contributed by atoms with Crippen molar-refractivity contribution in [1.82, 2.24) is 0 Å². The lowest BCUT2D eigenvalue weighted by Gasteiger charge is -2.58. The number of hydrogen-bond donors (Lipinski definition) is 1. The lowest BCUT2D eigenvalue weighted by atomic mass is 9.47. The van der Waals surface area contributed by atoms with Gasteiger partial charge in [-0.3, -0.25) is 0 Å². The van der Waals surface area contributed by atoms with Crippen LogP contribution in [0.3, 0.4) is 0 Å². The number of allylic oxidation sites excluding steroid dienone is 1. The summed E-state index contributed by atoms with van der Waals surface area (Å²) in [5.74, 6) is 5.28. The molecule has 0 amide bonds. The SMILES string of the molecule is CCC(C)(CC[C@@H](C)[C@H]1CC[C@H]2[C@@H]3CC=C4C[C@@H](O)CC[C@]4(C)[C@H]3CC[C@]12C)C(C)C. The average molecular weight is 429 g/mol. The largest absolute Gasteiger partial charge is 0.393 e. The van der Waals surface area contributed by atoms with Gasteiger partial charge in [-0.2, -0.15) is 0 Å². The van der Waals surface area contributed by atoms with Crippen LogP contribution in [0.15, 0.2) is 11.6 Å². The third kappa shape index (κ3) is 3.87. The van der Waals surface area contributed by atoms with Crippen LogP contribution in [-0.4, -0.2) is 11.2 Å². The van der Waals surface area contributed by atoms with E-state index in [2.05, 4.69) is 54.5 Å². The molecule has 1 unspecified atom stereocenters. The Labute approximate surface area is 193 Å². The van der Waals surface area contributed by atoms with Crippen molar-refractivity contribution in [3.63, 3.8) is 0 Å². The summed E-state index contributed by atoms with van der Waals surface area (Å²) >= 11 is 0. The molecule has 0 heterocycles. The summed E-state index contributed by atoms with van der Waals surface area (Å²) in [7, 11) is 0. The molecule has 9 atom stereocenters. The quantitative estimate of drug-likeness (QED) is 0.421. The Morgan fingerprint density at radius 1 is 1.06 bits per heavy atom. The van der Waals surface area contributed by atoms with Crippen LogP contribution in [0, 0.1) is 51.8 Å². The lowest BCUT2D eigenvalue weighted by Crippen LogP contribution is -2.50. The van der Waals surface area contributed by atoms with Crippen molar-refractivity contribution in [3.05, 3.63) is 11.6 Å². The maximum atomic E-state index is 10.3. The van der Waals surface area contributed by atoms with Gasteiger partial charge in [-0.05, 0) is 116 Å². The van der Waals surface area contributed by atoms with Gasteiger partial charge >= 0.3 is 0 Å². The maximum absolute atomic E-state index is 10.3. The smallest absolute Gasteiger partial charge is 0.0577 e. The zero-order valence-corrected chi connectivity index (χ0v) is 21.8. The second kappa shape index (κ2) is 8.48. The summed E-state index contributed by atoms with van der Waals surface area (Å²) in [5, 5.41) is 10.3. The van der Waals surface area contributed by atoms with Crippen LogP contribution in [-0.2, 0) is 0 Å². The molecule has 0 aliphatic heterocycles. The second-order valence-corrected chi connectivity index (χ2v) is 13.6. The van der Waals surface area contributed by atoms with Crippen molar-refractivity contribution in [1.29, 1.82) is 0 Å². The molecule has 1 heteroatoms. The highest BCUT2D eigenvalue weighted by Gasteiger charge is 2.59. The van der Waals surface area contributed by atoms with Gasteiger partial charge in [-0.15, -0.1) is 0 Å². The van der Waals surface area contributed by atoms with E-state index in [9.17, 15) is 5.11 Å². The molecular formula is C30H52O. The van der Waals surface area contributed by atoms with Crippen molar-refractivity contribution >= 4 is 0 Å². The van der Waals surface area contributed by atoms with Crippen molar-refractivity contribution in [2.24, 2.45) is 51.8 Å². The number of hydrogen-bond acceptors (Lipinski definition) is 1. The first-order chi connectivity index (χ1) is 14.5. The van der Waals surface area contributed by atoms with E-state index < -0.39 is 0 Å². The molecule has 4 aliphatic carbocycles. The van der Waals surface area contributed by atoms with E-state index in [0.29, 0.717) is 16.2 Å². The second-order valence-electron chi connectivity index (χ2n) is 13.6. The normalized spacial score (nSPS) is 45.3. The van der Waals surface area contributed by atoms with Crippen LogP contribution in [0.25, 0.3) is 0 Å². The van der Waals surface area contributed by atoms with Gasteiger partial charge in [0.05, 0.1) is 6.10 Å². The summed E-state index contributed by atoms with van der Waals surface area (Å²) in [6.07, 6.45) is 17.0. The molecule has 0 saturated heterocycles. The third-order valence-electron chi connectivity index (χ3n) is 12.2. The summed E-state index contributed by atoms with van der Waals surface area (Å²) in [6.45, 7) is 17.7. The fourth-order valence-electron chi connectivity index (χ4n) is 9.25. The van der Waals surface area contributed by atoms with Crippen LogP contribution in [0.4, 0.5) is 0 Å². The van der Waals surface area contributed by atoms with Crippen LogP contribution in [0.1, 0.15) is 119 Å². The van der Waals surface area contributed by atoms with Crippen molar-refractivity contribution < 1.29 is 5.11 Å². The Bertz CT molecular complexity index is 678. The molecule has 3 saturated carbocycles. The molecule has 31 heavy (non-hydrogen) atoms. The number of rotatable bonds is 6. The van der Waals surface area contributed by atoms with E-state index in [0.717, 1.165) is 48.3 Å². The highest BCUT2D eigenvalue weighted by Crippen LogP contribution is 2.67. The summed E-state index contributed by atoms with van der Waals surface area (Å²) in [4.78, 5) is 0. The molecular weight excluding hydrogens is 376 g/mol. The zero-order valence-electron chi connectivity index (χ0n) is 21.8. The minimum atomic E-state index is -0.0823. The molecule has 0 bridgehead atoms. The number of aliphatic hydroxyl groups excluding tert-OH is 1. The Balaban J connectivity index is 1.48. The van der Waals surface area contributed by atoms with Crippen LogP contribution < -0.4 is 0 Å². The minimum Gasteiger partial charge on any atom is -0.393 e. The van der Waals surface area contributed by atoms with Crippen LogP contribution in [0.5, 0.6) is 0 Å². The third-order valence-corrected chi connectivity index (χ3v) is 12.2. The Morgan fingerprint density at radius 2 is 1.81 bits per heavy atom. The van der Waals surface area contributed by atoms with Gasteiger partial charge in [0.25, 0.3) is 0 Å². The van der Waals surface area contributed by atoms with Gasteiger partial charge in [0.2, 0.25) is 0 Å². The molecule has 0 spiro atoms. The van der Waals surface area contributed by atoms with Crippen LogP contribution in [0.2, 0.25) is 0 Å². The lowest BCUT2D eigenvalue weighted by molar-refractivity contribution is -0.0579. The number of fused-ring (bicyclic) bond motifs is 5. The van der Waals surface area contributed by atoms with Gasteiger partial charge in [-0.1, -0.05) is 66.5 Å². The Hall–Kier alpha value is -0.300. The molecule has 3 fully saturated rings. The van der Waals surface area contributed by atoms with Gasteiger partial charge in [-0.25, -0.2) is 0 Å². The minimum absolute atomic E-state index is 0.0823. The standard InChI is InChI=1S/C30H52O/c1-8-28(5,20(2)3)16-13-21(4)25-11-12-26-24-10-9-22-19-23(31)14-17-29(22,6)27(24)15-18-30(25,26)7/h9,20-21,23-27,31H,8,10-19H2,1-7H3/t21-,23+,24+,25-,26+,27+,28?,29+,30-/m1/s1. The summed E-state index contributed by atoms with van der Waals surface area (Å²) in [5.41, 5.74) is 3.08. The van der Waals surface area contributed by atoms with E-state index in [1.54, 1.807) is 5.57 Å². The van der Waals surface area contributed by atoms with Crippen molar-refractivity contribution in [2.75, 3.05) is 0 Å². The maximum Gasteiger partial charge on any atom is 0.0577 e. The van der Waals surface area contributed by atoms with E-state index in [-0.39, 0.29) is 6.10 Å². The predicted octanol–water partition coefficient (Wildman–Crippen LogP) is 8.41. The van der Waals surface area contributed by atoms with Crippen molar-refractivity contribution in [2.45, 2.75) is 125 Å². The highest BCUT2D eigenvalue weighted by molar-refractivity contribution is 5.25. The Kier molecular flexibility index (Phi) is 6.53. The molecule has 0 radical (unpaired) electrons. The zero-order chi connectivity index (χ0) is 22.6. The molecule has 4 aliphatic rings. The molecule has 1 nitrogen and oxygen atoms in total. The van der Waals surface area contributed by atoms with E-state index in [4.69, 9.17) is 0 Å². The highest BCUT2D eigenvalue weighted by atomic mass is 16.3. The molecule has 178 valence electrons. The molecule has 1 N–H and O–H groups in total. The monoisotopic (exact) mass is 428 g/mol. The fourth-order valence-corrected chi connectivity index (χ4v) is 9.25. The van der Waals surface area contributed by atoms with Gasteiger partial charge in [0, 0.05) is 0 Å². The van der Waals surface area contributed by atoms with Gasteiger partial charge < -0.3 is 5.11 Å².